The molecule has 9 nitrogen and oxygen atoms in total. The Balaban J connectivity index is 2.05. The normalized spacial score (nSPS) is 16.6. The molecule has 4 unspecified atom stereocenters. The summed E-state index contributed by atoms with van der Waals surface area (Å²) in [6.07, 6.45) is -2.72. The average molecular weight is 516 g/mol. The van der Waals surface area contributed by atoms with Crippen molar-refractivity contribution in [2.24, 2.45) is 5.41 Å². The highest BCUT2D eigenvalue weighted by Gasteiger charge is 2.43. The Morgan fingerprint density at radius 3 is 1.54 bits per heavy atom. The van der Waals surface area contributed by atoms with Gasteiger partial charge in [0, 0.05) is 13.1 Å². The molecule has 7 N–H and O–H groups in total. The van der Waals surface area contributed by atoms with Gasteiger partial charge in [0.2, 0.25) is 0 Å². The highest BCUT2D eigenvalue weighted by molar-refractivity contribution is 5.85. The van der Waals surface area contributed by atoms with Crippen LogP contribution in [0.3, 0.4) is 0 Å². The lowest BCUT2D eigenvalue weighted by Crippen LogP contribution is -2.59. The maximum Gasteiger partial charge on any atom is 0.404 e. The summed E-state index contributed by atoms with van der Waals surface area (Å²) in [7, 11) is 0. The van der Waals surface area contributed by atoms with Gasteiger partial charge in [-0.2, -0.15) is 0 Å². The maximum absolute atomic E-state index is 13.0. The summed E-state index contributed by atoms with van der Waals surface area (Å²) in [5.74, 6) is -0.589. The quantitative estimate of drug-likeness (QED) is 0.214. The fourth-order valence-corrected chi connectivity index (χ4v) is 3.77. The van der Waals surface area contributed by atoms with E-state index >= 15 is 0 Å². The number of carboxylic acid groups (broad SMARTS) is 1. The van der Waals surface area contributed by atoms with Gasteiger partial charge in [-0.15, -0.1) is 0 Å². The molecule has 0 aliphatic heterocycles. The highest BCUT2D eigenvalue weighted by atomic mass is 16.4. The Labute approximate surface area is 218 Å². The van der Waals surface area contributed by atoms with Crippen LogP contribution in [-0.2, 0) is 17.6 Å². The van der Waals surface area contributed by atoms with Gasteiger partial charge in [-0.25, -0.2) is 4.79 Å². The van der Waals surface area contributed by atoms with Crippen LogP contribution in [0.4, 0.5) is 4.79 Å². The van der Waals surface area contributed by atoms with E-state index in [1.165, 1.54) is 6.92 Å². The van der Waals surface area contributed by atoms with Crippen molar-refractivity contribution in [2.75, 3.05) is 13.1 Å². The van der Waals surface area contributed by atoms with Gasteiger partial charge in [-0.3, -0.25) is 4.79 Å². The summed E-state index contributed by atoms with van der Waals surface area (Å²) in [6.45, 7) is 6.77. The van der Waals surface area contributed by atoms with Crippen LogP contribution in [0.2, 0.25) is 0 Å². The first kappa shape index (κ1) is 30.2. The largest absolute Gasteiger partial charge is 0.465 e. The summed E-state index contributed by atoms with van der Waals surface area (Å²) in [4.78, 5) is 24.2. The van der Waals surface area contributed by atoms with Gasteiger partial charge in [-0.1, -0.05) is 81.4 Å². The third-order valence-electron chi connectivity index (χ3n) is 6.76. The summed E-state index contributed by atoms with van der Waals surface area (Å²) < 4.78 is 0. The van der Waals surface area contributed by atoms with Crippen molar-refractivity contribution in [1.82, 2.24) is 16.0 Å². The van der Waals surface area contributed by atoms with Gasteiger partial charge in [0.05, 0.1) is 24.3 Å². The molecule has 0 bridgehead atoms. The van der Waals surface area contributed by atoms with Crippen molar-refractivity contribution >= 4 is 12.0 Å². The second kappa shape index (κ2) is 13.5. The molecule has 0 heterocycles. The molecule has 204 valence electrons. The lowest BCUT2D eigenvalue weighted by Gasteiger charge is -2.37. The predicted octanol–water partition coefficient (Wildman–Crippen LogP) is 1.70. The number of aliphatic hydroxyl groups excluding tert-OH is 2. The maximum atomic E-state index is 13.0. The molecule has 0 saturated heterocycles. The number of hydrogen-bond acceptors (Lipinski definition) is 6. The first-order valence-electron chi connectivity index (χ1n) is 12.5. The van der Waals surface area contributed by atoms with Crippen LogP contribution in [0.5, 0.6) is 0 Å². The van der Waals surface area contributed by atoms with Crippen LogP contribution in [0.15, 0.2) is 60.7 Å². The Bertz CT molecular complexity index is 978. The Hall–Kier alpha value is -2.98. The number of aliphatic hydroxyl groups is 3. The van der Waals surface area contributed by atoms with Crippen molar-refractivity contribution in [3.05, 3.63) is 71.8 Å². The minimum Gasteiger partial charge on any atom is -0.465 e. The smallest absolute Gasteiger partial charge is 0.404 e. The van der Waals surface area contributed by atoms with Gasteiger partial charge in [0.15, 0.2) is 0 Å². The van der Waals surface area contributed by atoms with E-state index in [4.69, 9.17) is 0 Å². The molecule has 0 aromatic heterocycles. The number of hydrogen-bond donors (Lipinski definition) is 7. The average Bonchev–Trinajstić information content (AvgIpc) is 2.83. The molecule has 0 fully saturated rings. The van der Waals surface area contributed by atoms with E-state index in [0.717, 1.165) is 11.1 Å². The van der Waals surface area contributed by atoms with E-state index in [-0.39, 0.29) is 13.1 Å². The molecule has 0 aliphatic carbocycles. The van der Waals surface area contributed by atoms with Crippen LogP contribution in [0.1, 0.15) is 38.8 Å². The first-order valence-corrected chi connectivity index (χ1v) is 12.5. The Kier molecular flexibility index (Phi) is 11.1. The summed E-state index contributed by atoms with van der Waals surface area (Å²) in [6, 6.07) is 17.1. The summed E-state index contributed by atoms with van der Waals surface area (Å²) in [5.41, 5.74) is -0.627. The molecule has 5 atom stereocenters. The Morgan fingerprint density at radius 2 is 1.16 bits per heavy atom. The topological polar surface area (TPSA) is 151 Å². The number of carbonyl (C=O) groups is 2. The second-order valence-corrected chi connectivity index (χ2v) is 10.6. The first-order chi connectivity index (χ1) is 17.3. The van der Waals surface area contributed by atoms with Crippen LogP contribution >= 0.6 is 0 Å². The van der Waals surface area contributed by atoms with Gasteiger partial charge < -0.3 is 36.4 Å². The monoisotopic (exact) mass is 515 g/mol. The van der Waals surface area contributed by atoms with Crippen LogP contribution in [-0.4, -0.2) is 75.4 Å². The van der Waals surface area contributed by atoms with Gasteiger partial charge in [-0.05, 0) is 36.3 Å². The predicted molar refractivity (Wildman–Crippen MR) is 142 cm³/mol. The molecule has 0 aliphatic rings. The van der Waals surface area contributed by atoms with Crippen LogP contribution < -0.4 is 16.0 Å². The number of benzene rings is 2. The van der Waals surface area contributed by atoms with Gasteiger partial charge >= 0.3 is 6.09 Å². The van der Waals surface area contributed by atoms with Crippen LogP contribution in [0, 0.1) is 5.41 Å². The van der Waals surface area contributed by atoms with E-state index in [0.29, 0.717) is 12.8 Å². The number of nitrogens with one attached hydrogen (secondary N) is 3. The van der Waals surface area contributed by atoms with Crippen LogP contribution in [0.25, 0.3) is 0 Å². The molecule has 2 amide bonds. The van der Waals surface area contributed by atoms with Crippen molar-refractivity contribution in [3.8, 4) is 0 Å². The zero-order chi connectivity index (χ0) is 27.6. The molecular weight excluding hydrogens is 474 g/mol. The fourth-order valence-electron chi connectivity index (χ4n) is 3.77. The lowest BCUT2D eigenvalue weighted by molar-refractivity contribution is -0.150. The number of amides is 2. The molecule has 2 rings (SSSR count). The minimum atomic E-state index is -1.67. The summed E-state index contributed by atoms with van der Waals surface area (Å²) >= 11 is 0. The van der Waals surface area contributed by atoms with Crippen molar-refractivity contribution in [1.29, 1.82) is 0 Å². The molecule has 37 heavy (non-hydrogen) atoms. The van der Waals surface area contributed by atoms with Crippen molar-refractivity contribution in [3.63, 3.8) is 0 Å². The van der Waals surface area contributed by atoms with E-state index in [9.17, 15) is 30.0 Å². The third kappa shape index (κ3) is 9.44. The zero-order valence-electron chi connectivity index (χ0n) is 22.0. The molecule has 2 aromatic rings. The molecule has 2 aromatic carbocycles. The SMILES string of the molecule is CC(C)(C)C(C)(O)C(=O)NC(Cc1ccccc1)C(O)CNCC(O)[C@H](Cc1ccccc1)NC(=O)O. The summed E-state index contributed by atoms with van der Waals surface area (Å²) in [5, 5.41) is 49.8. The molecule has 0 spiro atoms. The van der Waals surface area contributed by atoms with E-state index in [1.54, 1.807) is 20.8 Å². The number of rotatable bonds is 13. The molecule has 9 heteroatoms. The molecule has 0 radical (unpaired) electrons. The molecular formula is C28H41N3O6. The molecule has 0 saturated carbocycles. The Morgan fingerprint density at radius 1 is 0.757 bits per heavy atom. The van der Waals surface area contributed by atoms with Crippen molar-refractivity contribution < 1.29 is 30.0 Å². The number of carbonyl (C=O) groups excluding carboxylic acids is 1. The fraction of sp³-hybridized carbons (Fsp3) is 0.500. The van der Waals surface area contributed by atoms with E-state index < -0.39 is 47.3 Å². The second-order valence-electron chi connectivity index (χ2n) is 10.6. The van der Waals surface area contributed by atoms with Gasteiger partial charge in [0.1, 0.15) is 5.60 Å². The lowest BCUT2D eigenvalue weighted by atomic mass is 9.77. The standard InChI is InChI=1S/C28H41N3O6/c1-27(2,3)28(4,37)25(34)30-21(15-19-11-7-5-8-12-19)23(32)17-29-18-24(33)22(31-26(35)36)16-20-13-9-6-10-14-20/h5-14,21-24,29,31-33,37H,15-18H2,1-4H3,(H,30,34)(H,35,36)/t21?,22-,23?,24?,28?/m0/s1. The van der Waals surface area contributed by atoms with E-state index in [1.807, 2.05) is 60.7 Å². The van der Waals surface area contributed by atoms with E-state index in [2.05, 4.69) is 16.0 Å². The van der Waals surface area contributed by atoms with Gasteiger partial charge in [0.25, 0.3) is 5.91 Å². The zero-order valence-corrected chi connectivity index (χ0v) is 22.0. The highest BCUT2D eigenvalue weighted by Crippen LogP contribution is 2.30. The third-order valence-corrected chi connectivity index (χ3v) is 6.76. The minimum absolute atomic E-state index is 0.0144. The van der Waals surface area contributed by atoms with Crippen molar-refractivity contribution in [2.45, 2.75) is 70.4 Å².